The maximum absolute atomic E-state index is 12.1. The van der Waals surface area contributed by atoms with Gasteiger partial charge in [-0.25, -0.2) is 4.39 Å². The van der Waals surface area contributed by atoms with E-state index in [0.29, 0.717) is 24.3 Å². The van der Waals surface area contributed by atoms with Crippen LogP contribution in [0.3, 0.4) is 0 Å². The highest BCUT2D eigenvalue weighted by molar-refractivity contribution is 8.06. The van der Waals surface area contributed by atoms with Crippen LogP contribution in [-0.4, -0.2) is 4.21 Å². The van der Waals surface area contributed by atoms with Gasteiger partial charge in [0.15, 0.2) is 0 Å². The predicted octanol–water partition coefficient (Wildman–Crippen LogP) is 2.66. The summed E-state index contributed by atoms with van der Waals surface area (Å²) in [6.45, 7) is 0. The van der Waals surface area contributed by atoms with Gasteiger partial charge >= 0.3 is 10.2 Å². The minimum absolute atomic E-state index is 0.449. The topological polar surface area (TPSA) is 17.1 Å². The maximum Gasteiger partial charge on any atom is 0.321 e. The van der Waals surface area contributed by atoms with Crippen molar-refractivity contribution >= 4 is 10.2 Å². The summed E-state index contributed by atoms with van der Waals surface area (Å²) in [6.07, 6.45) is 0. The Morgan fingerprint density at radius 1 is 1.00 bits per heavy atom. The number of benzene rings is 1. The van der Waals surface area contributed by atoms with E-state index in [4.69, 9.17) is 0 Å². The molecule has 0 amide bonds. The van der Waals surface area contributed by atoms with Gasteiger partial charge in [-0.05, 0) is 24.3 Å². The first-order valence-corrected chi connectivity index (χ1v) is 4.51. The molecule has 1 rings (SSSR count). The van der Waals surface area contributed by atoms with E-state index in [-0.39, 0.29) is 0 Å². The molecule has 0 aromatic heterocycles. The lowest BCUT2D eigenvalue weighted by Gasteiger charge is -2.13. The van der Waals surface area contributed by atoms with Gasteiger partial charge in [0, 0.05) is 0 Å². The fourth-order valence-corrected chi connectivity index (χ4v) is 1.20. The third-order valence-electron chi connectivity index (χ3n) is 1.18. The van der Waals surface area contributed by atoms with Crippen LogP contribution < -0.4 is 0 Å². The van der Waals surface area contributed by atoms with Gasteiger partial charge in [-0.1, -0.05) is 11.7 Å². The van der Waals surface area contributed by atoms with Gasteiger partial charge in [0.2, 0.25) is 0 Å². The zero-order valence-electron chi connectivity index (χ0n) is 5.64. The molecule has 1 nitrogen and oxygen atoms in total. The standard InChI is InChI=1S/C6H4F4OS/c7-5-1-3-6(4-2-5)12(8,9,10)11/h1-4H. The van der Waals surface area contributed by atoms with Gasteiger partial charge in [0.1, 0.15) is 10.7 Å². The highest BCUT2D eigenvalue weighted by Crippen LogP contribution is 2.40. The molecule has 0 aliphatic rings. The predicted molar refractivity (Wildman–Crippen MR) is 36.1 cm³/mol. The van der Waals surface area contributed by atoms with Crippen LogP contribution in [-0.2, 0) is 10.2 Å². The molecule has 0 fully saturated rings. The summed E-state index contributed by atoms with van der Waals surface area (Å²) in [5.41, 5.74) is 0. The molecule has 0 saturated heterocycles. The number of rotatable bonds is 1. The second-order valence-electron chi connectivity index (χ2n) is 2.13. The highest BCUT2D eigenvalue weighted by atomic mass is 32.4. The summed E-state index contributed by atoms with van der Waals surface area (Å²) < 4.78 is 58.2. The van der Waals surface area contributed by atoms with Crippen molar-refractivity contribution in [1.29, 1.82) is 0 Å². The first kappa shape index (κ1) is 9.18. The lowest BCUT2D eigenvalue weighted by atomic mass is 10.4. The molecular formula is C6H4F4OS. The van der Waals surface area contributed by atoms with Crippen LogP contribution >= 0.6 is 0 Å². The van der Waals surface area contributed by atoms with Crippen LogP contribution in [0.15, 0.2) is 29.2 Å². The summed E-state index contributed by atoms with van der Waals surface area (Å²) in [5.74, 6) is -0.796. The molecule has 0 bridgehead atoms. The third-order valence-corrected chi connectivity index (χ3v) is 2.18. The summed E-state index contributed by atoms with van der Waals surface area (Å²) in [5, 5.41) is 0. The van der Waals surface area contributed by atoms with E-state index < -0.39 is 20.9 Å². The van der Waals surface area contributed by atoms with Crippen LogP contribution in [0.2, 0.25) is 0 Å². The Hall–Kier alpha value is -0.910. The molecule has 0 atom stereocenters. The molecular weight excluding hydrogens is 196 g/mol. The second kappa shape index (κ2) is 2.29. The van der Waals surface area contributed by atoms with E-state index in [0.717, 1.165) is 0 Å². The Balaban J connectivity index is 3.24. The van der Waals surface area contributed by atoms with Gasteiger partial charge in [0.25, 0.3) is 0 Å². The largest absolute Gasteiger partial charge is 0.321 e. The van der Waals surface area contributed by atoms with Gasteiger partial charge in [-0.3, -0.25) is 0 Å². The molecule has 0 aliphatic carbocycles. The number of hydrogen-bond donors (Lipinski definition) is 0. The molecule has 1 aromatic rings. The lowest BCUT2D eigenvalue weighted by Crippen LogP contribution is -2.11. The van der Waals surface area contributed by atoms with Crippen molar-refractivity contribution in [2.75, 3.05) is 0 Å². The number of hydrogen-bond acceptors (Lipinski definition) is 1. The molecule has 0 spiro atoms. The Morgan fingerprint density at radius 3 is 1.75 bits per heavy atom. The highest BCUT2D eigenvalue weighted by Gasteiger charge is 2.37. The molecule has 1 aromatic carbocycles. The normalized spacial score (nSPS) is 15.2. The van der Waals surface area contributed by atoms with E-state index in [9.17, 15) is 20.3 Å². The molecule has 0 aliphatic heterocycles. The lowest BCUT2D eigenvalue weighted by molar-refractivity contribution is 0.471. The Kier molecular flexibility index (Phi) is 1.75. The smallest absolute Gasteiger partial charge is 0.207 e. The van der Waals surface area contributed by atoms with Crippen molar-refractivity contribution < 1.29 is 20.3 Å². The molecule has 0 N–H and O–H groups in total. The fourth-order valence-electron chi connectivity index (χ4n) is 0.644. The van der Waals surface area contributed by atoms with Crippen molar-refractivity contribution in [2.45, 2.75) is 4.90 Å². The van der Waals surface area contributed by atoms with Gasteiger partial charge in [0.05, 0.1) is 0 Å². The SMILES string of the molecule is O=S(F)(F)(F)c1ccc(F)cc1. The summed E-state index contributed by atoms with van der Waals surface area (Å²) in [4.78, 5) is -1.30. The minimum Gasteiger partial charge on any atom is -0.207 e. The van der Waals surface area contributed by atoms with Crippen molar-refractivity contribution in [2.24, 2.45) is 0 Å². The molecule has 0 radical (unpaired) electrons. The first-order chi connectivity index (χ1) is 5.26. The van der Waals surface area contributed by atoms with E-state index in [1.807, 2.05) is 0 Å². The van der Waals surface area contributed by atoms with E-state index in [2.05, 4.69) is 0 Å². The molecule has 0 unspecified atom stereocenters. The van der Waals surface area contributed by atoms with E-state index in [1.54, 1.807) is 0 Å². The van der Waals surface area contributed by atoms with Crippen molar-refractivity contribution in [3.8, 4) is 0 Å². The second-order valence-corrected chi connectivity index (χ2v) is 3.96. The summed E-state index contributed by atoms with van der Waals surface area (Å²) in [7, 11) is -7.20. The summed E-state index contributed by atoms with van der Waals surface area (Å²) >= 11 is 0. The molecule has 0 heterocycles. The summed E-state index contributed by atoms with van der Waals surface area (Å²) in [6, 6.07) is 2.12. The van der Waals surface area contributed by atoms with Crippen molar-refractivity contribution in [1.82, 2.24) is 0 Å². The Bertz CT molecular complexity index is 341. The van der Waals surface area contributed by atoms with Crippen LogP contribution in [0.5, 0.6) is 0 Å². The minimum atomic E-state index is -7.20. The Morgan fingerprint density at radius 2 is 1.42 bits per heavy atom. The van der Waals surface area contributed by atoms with E-state index >= 15 is 0 Å². The van der Waals surface area contributed by atoms with Crippen LogP contribution in [0.1, 0.15) is 0 Å². The third kappa shape index (κ3) is 2.04. The molecule has 12 heavy (non-hydrogen) atoms. The zero-order valence-corrected chi connectivity index (χ0v) is 6.45. The monoisotopic (exact) mass is 200 g/mol. The van der Waals surface area contributed by atoms with Gasteiger partial charge in [-0.15, -0.1) is 0 Å². The molecule has 0 saturated carbocycles. The van der Waals surface area contributed by atoms with Crippen LogP contribution in [0, 0.1) is 5.82 Å². The zero-order chi connectivity index (χ0) is 9.43. The Labute approximate surface area is 66.3 Å². The van der Waals surface area contributed by atoms with Crippen LogP contribution in [0.4, 0.5) is 16.0 Å². The molecule has 6 heteroatoms. The molecule has 68 valence electrons. The van der Waals surface area contributed by atoms with Gasteiger partial charge < -0.3 is 0 Å². The fraction of sp³-hybridized carbons (Fsp3) is 0. The van der Waals surface area contributed by atoms with Crippen molar-refractivity contribution in [3.63, 3.8) is 0 Å². The quantitative estimate of drug-likeness (QED) is 0.503. The number of halogens is 4. The van der Waals surface area contributed by atoms with Gasteiger partial charge in [-0.2, -0.15) is 4.21 Å². The van der Waals surface area contributed by atoms with E-state index in [1.165, 1.54) is 0 Å². The first-order valence-electron chi connectivity index (χ1n) is 2.84. The average molecular weight is 200 g/mol. The van der Waals surface area contributed by atoms with Crippen LogP contribution in [0.25, 0.3) is 0 Å². The van der Waals surface area contributed by atoms with Crippen molar-refractivity contribution in [3.05, 3.63) is 30.1 Å². The maximum atomic E-state index is 12.1. The average Bonchev–Trinajstić information content (AvgIpc) is 1.84.